The minimum Gasteiger partial charge on any atom is -0.369 e. The van der Waals surface area contributed by atoms with Crippen LogP contribution in [0, 0.1) is 11.7 Å². The Hall–Kier alpha value is -1.03. The first-order chi connectivity index (χ1) is 12.4. The van der Waals surface area contributed by atoms with Gasteiger partial charge in [0.05, 0.1) is 12.5 Å². The van der Waals surface area contributed by atoms with Gasteiger partial charge in [-0.25, -0.2) is 4.39 Å². The molecule has 1 saturated heterocycles. The minimum atomic E-state index is -0.388. The molecule has 2 rings (SSSR count). The summed E-state index contributed by atoms with van der Waals surface area (Å²) in [4.78, 5) is 16.5. The monoisotopic (exact) mass is 508 g/mol. The Morgan fingerprint density at radius 3 is 2.63 bits per heavy atom. The molecule has 1 aliphatic rings. The number of primary amides is 1. The third-order valence-electron chi connectivity index (χ3n) is 4.53. The van der Waals surface area contributed by atoms with Gasteiger partial charge in [0.2, 0.25) is 5.91 Å². The fourth-order valence-corrected chi connectivity index (χ4v) is 4.17. The average molecular weight is 508 g/mol. The smallest absolute Gasteiger partial charge is 0.222 e. The summed E-state index contributed by atoms with van der Waals surface area (Å²) < 4.78 is 13.2. The first kappa shape index (κ1) is 24.0. The molecule has 152 valence electrons. The summed E-state index contributed by atoms with van der Waals surface area (Å²) in [5.74, 6) is 0.836. The number of amides is 1. The lowest BCUT2D eigenvalue weighted by Gasteiger charge is -2.22. The first-order valence-corrected chi connectivity index (χ1v) is 10.1. The van der Waals surface area contributed by atoms with Gasteiger partial charge in [0.15, 0.2) is 5.96 Å². The Morgan fingerprint density at radius 2 is 2.07 bits per heavy atom. The van der Waals surface area contributed by atoms with Gasteiger partial charge in [-0.1, -0.05) is 12.1 Å². The van der Waals surface area contributed by atoms with Crippen molar-refractivity contribution in [3.05, 3.63) is 35.6 Å². The number of aliphatic imine (C=N–C) groups is 1. The number of nitrogens with one attached hydrogen (secondary N) is 2. The predicted octanol–water partition coefficient (Wildman–Crippen LogP) is 2.93. The topological polar surface area (TPSA) is 79.5 Å². The fraction of sp³-hybridized carbons (Fsp3) is 0.579. The van der Waals surface area contributed by atoms with Crippen LogP contribution in [0.1, 0.15) is 32.3 Å². The van der Waals surface area contributed by atoms with E-state index in [0.29, 0.717) is 18.9 Å². The number of halogens is 2. The summed E-state index contributed by atoms with van der Waals surface area (Å²) in [5.41, 5.74) is 6.44. The van der Waals surface area contributed by atoms with Crippen LogP contribution in [0.25, 0.3) is 0 Å². The summed E-state index contributed by atoms with van der Waals surface area (Å²) in [7, 11) is 0. The molecule has 8 heteroatoms. The van der Waals surface area contributed by atoms with E-state index in [-0.39, 0.29) is 46.4 Å². The number of carbonyl (C=O) groups is 1. The number of hydrogen-bond donors (Lipinski definition) is 3. The highest BCUT2D eigenvalue weighted by molar-refractivity contribution is 14.0. The van der Waals surface area contributed by atoms with Crippen LogP contribution in [0.5, 0.6) is 0 Å². The van der Waals surface area contributed by atoms with Crippen molar-refractivity contribution < 1.29 is 9.18 Å². The molecule has 0 aromatic heterocycles. The summed E-state index contributed by atoms with van der Waals surface area (Å²) in [6.07, 6.45) is 2.88. The van der Waals surface area contributed by atoms with Gasteiger partial charge in [-0.05, 0) is 56.6 Å². The lowest BCUT2D eigenvalue weighted by atomic mass is 9.98. The van der Waals surface area contributed by atoms with Crippen LogP contribution in [-0.4, -0.2) is 42.0 Å². The number of thioether (sulfide) groups is 1. The van der Waals surface area contributed by atoms with Crippen molar-refractivity contribution in [1.82, 2.24) is 10.6 Å². The maximum absolute atomic E-state index is 13.0. The van der Waals surface area contributed by atoms with E-state index in [0.717, 1.165) is 18.7 Å². The normalized spacial score (nSPS) is 20.6. The zero-order chi connectivity index (χ0) is 19.0. The Kier molecular flexibility index (Phi) is 10.4. The van der Waals surface area contributed by atoms with Crippen molar-refractivity contribution >= 4 is 47.6 Å². The van der Waals surface area contributed by atoms with Gasteiger partial charge >= 0.3 is 0 Å². The van der Waals surface area contributed by atoms with Crippen LogP contribution < -0.4 is 16.4 Å². The molecule has 0 saturated carbocycles. The molecular weight excluding hydrogens is 478 g/mol. The molecule has 5 nitrogen and oxygen atoms in total. The quantitative estimate of drug-likeness (QED) is 0.287. The molecule has 0 bridgehead atoms. The Labute approximate surface area is 182 Å². The van der Waals surface area contributed by atoms with E-state index < -0.39 is 0 Å². The van der Waals surface area contributed by atoms with Crippen LogP contribution >= 0.6 is 35.7 Å². The molecule has 0 spiro atoms. The largest absolute Gasteiger partial charge is 0.369 e. The molecule has 0 radical (unpaired) electrons. The lowest BCUT2D eigenvalue weighted by Crippen LogP contribution is -2.43. The van der Waals surface area contributed by atoms with E-state index in [1.807, 2.05) is 18.7 Å². The molecule has 1 amide bonds. The van der Waals surface area contributed by atoms with E-state index in [9.17, 15) is 9.18 Å². The number of carbonyl (C=O) groups excluding carboxylic acids is 1. The predicted molar refractivity (Wildman–Crippen MR) is 122 cm³/mol. The van der Waals surface area contributed by atoms with Crippen molar-refractivity contribution in [2.75, 3.05) is 25.4 Å². The molecule has 1 aromatic carbocycles. The highest BCUT2D eigenvalue weighted by Crippen LogP contribution is 2.37. The van der Waals surface area contributed by atoms with Crippen LogP contribution in [0.2, 0.25) is 0 Å². The van der Waals surface area contributed by atoms with Gasteiger partial charge in [-0.3, -0.25) is 9.79 Å². The molecule has 1 fully saturated rings. The number of hydrogen-bond acceptors (Lipinski definition) is 3. The van der Waals surface area contributed by atoms with Gasteiger partial charge in [-0.15, -0.1) is 24.0 Å². The number of benzene rings is 1. The summed E-state index contributed by atoms with van der Waals surface area (Å²) in [6, 6.07) is 6.16. The van der Waals surface area contributed by atoms with Crippen molar-refractivity contribution in [1.29, 1.82) is 0 Å². The molecule has 2 unspecified atom stereocenters. The summed E-state index contributed by atoms with van der Waals surface area (Å²) in [5, 5.41) is 6.45. The molecule has 4 N–H and O–H groups in total. The standard InChI is InChI=1S/C19H29FN4OS.HI/c1-3-22-18(24-13-19(2)9-4-10-26-19)23-12-15(17(21)25)11-14-5-7-16(20)8-6-14;/h5-8,15H,3-4,9-13H2,1-2H3,(H2,21,25)(H2,22,23,24);1H. The highest BCUT2D eigenvalue weighted by atomic mass is 127. The molecule has 1 heterocycles. The van der Waals surface area contributed by atoms with E-state index in [1.165, 1.54) is 30.7 Å². The van der Waals surface area contributed by atoms with Crippen LogP contribution in [0.4, 0.5) is 4.39 Å². The first-order valence-electron chi connectivity index (χ1n) is 9.12. The molecular formula is C19H30FIN4OS. The maximum Gasteiger partial charge on any atom is 0.222 e. The maximum atomic E-state index is 13.0. The van der Waals surface area contributed by atoms with Crippen LogP contribution in [0.3, 0.4) is 0 Å². The van der Waals surface area contributed by atoms with Gasteiger partial charge in [0, 0.05) is 17.8 Å². The molecule has 2 atom stereocenters. The van der Waals surface area contributed by atoms with Crippen molar-refractivity contribution in [3.8, 4) is 0 Å². The number of nitrogens with zero attached hydrogens (tertiary/aromatic N) is 1. The Morgan fingerprint density at radius 1 is 1.37 bits per heavy atom. The highest BCUT2D eigenvalue weighted by Gasteiger charge is 2.29. The Balaban J connectivity index is 0.00000364. The number of rotatable bonds is 8. The second kappa shape index (κ2) is 11.7. The lowest BCUT2D eigenvalue weighted by molar-refractivity contribution is -0.121. The zero-order valence-electron chi connectivity index (χ0n) is 16.0. The zero-order valence-corrected chi connectivity index (χ0v) is 19.1. The summed E-state index contributed by atoms with van der Waals surface area (Å²) >= 11 is 1.97. The van der Waals surface area contributed by atoms with Gasteiger partial charge in [0.25, 0.3) is 0 Å². The van der Waals surface area contributed by atoms with E-state index in [1.54, 1.807) is 12.1 Å². The SMILES string of the molecule is CCNC(=NCC1(C)CCCS1)NCC(Cc1ccc(F)cc1)C(N)=O.I. The van der Waals surface area contributed by atoms with Crippen LogP contribution in [-0.2, 0) is 11.2 Å². The van der Waals surface area contributed by atoms with E-state index >= 15 is 0 Å². The second-order valence-corrected chi connectivity index (χ2v) is 8.59. The second-order valence-electron chi connectivity index (χ2n) is 6.91. The van der Waals surface area contributed by atoms with E-state index in [4.69, 9.17) is 5.73 Å². The molecule has 0 aliphatic carbocycles. The molecule has 1 aliphatic heterocycles. The van der Waals surface area contributed by atoms with Crippen molar-refractivity contribution in [2.45, 2.75) is 37.9 Å². The van der Waals surface area contributed by atoms with Gasteiger partial charge in [0.1, 0.15) is 5.82 Å². The van der Waals surface area contributed by atoms with Crippen LogP contribution in [0.15, 0.2) is 29.3 Å². The van der Waals surface area contributed by atoms with E-state index in [2.05, 4.69) is 22.5 Å². The van der Waals surface area contributed by atoms with Gasteiger partial charge < -0.3 is 16.4 Å². The molecule has 27 heavy (non-hydrogen) atoms. The number of guanidine groups is 1. The third kappa shape index (κ3) is 8.25. The fourth-order valence-electron chi connectivity index (χ4n) is 2.95. The van der Waals surface area contributed by atoms with Crippen molar-refractivity contribution in [2.24, 2.45) is 16.6 Å². The minimum absolute atomic E-state index is 0. The van der Waals surface area contributed by atoms with Crippen molar-refractivity contribution in [3.63, 3.8) is 0 Å². The molecule has 1 aromatic rings. The Bertz CT molecular complexity index is 621. The summed E-state index contributed by atoms with van der Waals surface area (Å²) in [6.45, 7) is 6.13. The van der Waals surface area contributed by atoms with Gasteiger partial charge in [-0.2, -0.15) is 11.8 Å². The third-order valence-corrected chi connectivity index (χ3v) is 6.05. The number of nitrogens with two attached hydrogens (primary N) is 1. The average Bonchev–Trinajstić information content (AvgIpc) is 3.04.